The van der Waals surface area contributed by atoms with Crippen molar-refractivity contribution < 1.29 is 19.2 Å². The number of nitrogens with zero attached hydrogens (tertiary/aromatic N) is 1. The third kappa shape index (κ3) is 4.39. The summed E-state index contributed by atoms with van der Waals surface area (Å²) in [5.74, 6) is -1.06. The van der Waals surface area contributed by atoms with Gasteiger partial charge in [-0.2, -0.15) is 0 Å². The zero-order valence-corrected chi connectivity index (χ0v) is 13.0. The largest absolute Gasteiger partial charge is 0.467 e. The van der Waals surface area contributed by atoms with Crippen LogP contribution >= 0.6 is 0 Å². The summed E-state index contributed by atoms with van der Waals surface area (Å²) < 4.78 is 4.73. The number of ether oxygens (including phenoxy) is 1. The molecule has 124 valence electrons. The van der Waals surface area contributed by atoms with Crippen LogP contribution in [0.15, 0.2) is 54.6 Å². The molecule has 2 rings (SSSR count). The van der Waals surface area contributed by atoms with Gasteiger partial charge in [-0.3, -0.25) is 14.9 Å². The molecule has 1 amide bonds. The Kier molecular flexibility index (Phi) is 5.62. The minimum absolute atomic E-state index is 0.111. The molecule has 0 aliphatic carbocycles. The van der Waals surface area contributed by atoms with E-state index < -0.39 is 22.8 Å². The molecule has 0 bridgehead atoms. The van der Waals surface area contributed by atoms with E-state index in [4.69, 9.17) is 4.74 Å². The van der Waals surface area contributed by atoms with Gasteiger partial charge in [-0.25, -0.2) is 4.79 Å². The Labute approximate surface area is 138 Å². The van der Waals surface area contributed by atoms with Gasteiger partial charge in [0.15, 0.2) is 0 Å². The molecule has 2 aromatic carbocycles. The number of nitro groups is 1. The Hall–Kier alpha value is -3.22. The fraction of sp³-hybridized carbons (Fsp3) is 0.176. The van der Waals surface area contributed by atoms with Gasteiger partial charge in [0.2, 0.25) is 0 Å². The summed E-state index contributed by atoms with van der Waals surface area (Å²) in [5.41, 5.74) is 0.986. The molecule has 1 atom stereocenters. The maximum atomic E-state index is 12.3. The van der Waals surface area contributed by atoms with Gasteiger partial charge in [0.25, 0.3) is 11.6 Å². The van der Waals surface area contributed by atoms with Gasteiger partial charge < -0.3 is 10.1 Å². The Bertz CT molecular complexity index is 728. The van der Waals surface area contributed by atoms with Crippen molar-refractivity contribution >= 4 is 17.6 Å². The van der Waals surface area contributed by atoms with Crippen molar-refractivity contribution in [3.05, 3.63) is 75.8 Å². The first-order chi connectivity index (χ1) is 11.5. The average Bonchev–Trinajstić information content (AvgIpc) is 2.61. The number of carbonyl (C=O) groups is 2. The third-order valence-corrected chi connectivity index (χ3v) is 3.41. The van der Waals surface area contributed by atoms with Crippen molar-refractivity contribution in [2.45, 2.75) is 12.5 Å². The summed E-state index contributed by atoms with van der Waals surface area (Å²) in [5, 5.41) is 13.2. The van der Waals surface area contributed by atoms with E-state index in [1.54, 1.807) is 0 Å². The molecule has 0 spiro atoms. The second-order valence-corrected chi connectivity index (χ2v) is 5.04. The van der Waals surface area contributed by atoms with E-state index in [-0.39, 0.29) is 17.7 Å². The maximum Gasteiger partial charge on any atom is 0.328 e. The Balaban J connectivity index is 2.12. The lowest BCUT2D eigenvalue weighted by molar-refractivity contribution is -0.384. The maximum absolute atomic E-state index is 12.3. The number of non-ortho nitro benzene ring substituents is 1. The molecule has 0 heterocycles. The molecule has 1 unspecified atom stereocenters. The van der Waals surface area contributed by atoms with Gasteiger partial charge in [0, 0.05) is 24.1 Å². The van der Waals surface area contributed by atoms with Crippen LogP contribution in [0.3, 0.4) is 0 Å². The summed E-state index contributed by atoms with van der Waals surface area (Å²) in [6.07, 6.45) is 0.284. The zero-order chi connectivity index (χ0) is 17.5. The summed E-state index contributed by atoms with van der Waals surface area (Å²) in [7, 11) is 1.25. The quantitative estimate of drug-likeness (QED) is 0.497. The lowest BCUT2D eigenvalue weighted by atomic mass is 10.1. The molecule has 0 aliphatic rings. The van der Waals surface area contributed by atoms with Crippen molar-refractivity contribution in [3.8, 4) is 0 Å². The zero-order valence-electron chi connectivity index (χ0n) is 13.0. The highest BCUT2D eigenvalue weighted by Gasteiger charge is 2.22. The molecule has 1 N–H and O–H groups in total. The minimum atomic E-state index is -0.847. The number of methoxy groups -OCH3 is 1. The van der Waals surface area contributed by atoms with Crippen LogP contribution in [-0.2, 0) is 16.0 Å². The average molecular weight is 328 g/mol. The van der Waals surface area contributed by atoms with E-state index in [9.17, 15) is 19.7 Å². The second-order valence-electron chi connectivity index (χ2n) is 5.04. The fourth-order valence-electron chi connectivity index (χ4n) is 2.16. The van der Waals surface area contributed by atoms with E-state index in [2.05, 4.69) is 5.32 Å². The van der Waals surface area contributed by atoms with Gasteiger partial charge in [-0.1, -0.05) is 30.3 Å². The first kappa shape index (κ1) is 17.1. The van der Waals surface area contributed by atoms with Crippen LogP contribution in [-0.4, -0.2) is 30.0 Å². The molecule has 0 saturated heterocycles. The monoisotopic (exact) mass is 328 g/mol. The van der Waals surface area contributed by atoms with Gasteiger partial charge in [-0.05, 0) is 17.7 Å². The van der Waals surface area contributed by atoms with E-state index >= 15 is 0 Å². The standard InChI is InChI=1S/C17H16N2O5/c1-24-17(21)15(11-12-5-3-2-4-6-12)18-16(20)13-7-9-14(10-8-13)19(22)23/h2-10,15H,11H2,1H3,(H,18,20). The molecule has 0 saturated carbocycles. The second kappa shape index (κ2) is 7.87. The lowest BCUT2D eigenvalue weighted by Gasteiger charge is -2.16. The number of hydrogen-bond donors (Lipinski definition) is 1. The van der Waals surface area contributed by atoms with Crippen molar-refractivity contribution in [1.29, 1.82) is 0 Å². The highest BCUT2D eigenvalue weighted by molar-refractivity contribution is 5.97. The highest BCUT2D eigenvalue weighted by Crippen LogP contribution is 2.12. The summed E-state index contributed by atoms with van der Waals surface area (Å²) >= 11 is 0. The van der Waals surface area contributed by atoms with Crippen molar-refractivity contribution in [2.24, 2.45) is 0 Å². The molecule has 2 aromatic rings. The predicted octanol–water partition coefficient (Wildman–Crippen LogP) is 2.11. The molecule has 0 aliphatic heterocycles. The first-order valence-corrected chi connectivity index (χ1v) is 7.18. The number of hydrogen-bond acceptors (Lipinski definition) is 5. The van der Waals surface area contributed by atoms with Crippen LogP contribution in [0.5, 0.6) is 0 Å². The highest BCUT2D eigenvalue weighted by atomic mass is 16.6. The van der Waals surface area contributed by atoms with Crippen LogP contribution in [0.1, 0.15) is 15.9 Å². The van der Waals surface area contributed by atoms with Gasteiger partial charge in [-0.15, -0.1) is 0 Å². The number of nitro benzene ring substituents is 1. The van der Waals surface area contributed by atoms with E-state index in [0.717, 1.165) is 5.56 Å². The van der Waals surface area contributed by atoms with Crippen molar-refractivity contribution in [3.63, 3.8) is 0 Å². The van der Waals surface area contributed by atoms with E-state index in [1.165, 1.54) is 31.4 Å². The number of nitrogens with one attached hydrogen (secondary N) is 1. The molecule has 0 aromatic heterocycles. The SMILES string of the molecule is COC(=O)C(Cc1ccccc1)NC(=O)c1ccc([N+](=O)[O-])cc1. The summed E-state index contributed by atoms with van der Waals surface area (Å²) in [6.45, 7) is 0. The third-order valence-electron chi connectivity index (χ3n) is 3.41. The molecular weight excluding hydrogens is 312 g/mol. The normalized spacial score (nSPS) is 11.4. The predicted molar refractivity (Wildman–Crippen MR) is 86.5 cm³/mol. The van der Waals surface area contributed by atoms with Crippen LogP contribution in [0.2, 0.25) is 0 Å². The number of amides is 1. The minimum Gasteiger partial charge on any atom is -0.467 e. The van der Waals surface area contributed by atoms with Crippen molar-refractivity contribution in [1.82, 2.24) is 5.32 Å². The lowest BCUT2D eigenvalue weighted by Crippen LogP contribution is -2.43. The summed E-state index contributed by atoms with van der Waals surface area (Å²) in [6, 6.07) is 13.5. The van der Waals surface area contributed by atoms with Gasteiger partial charge in [0.05, 0.1) is 12.0 Å². The first-order valence-electron chi connectivity index (χ1n) is 7.18. The Morgan fingerprint density at radius 2 is 1.75 bits per heavy atom. The smallest absolute Gasteiger partial charge is 0.328 e. The summed E-state index contributed by atoms with van der Waals surface area (Å²) in [4.78, 5) is 34.2. The van der Waals surface area contributed by atoms with Crippen LogP contribution in [0, 0.1) is 10.1 Å². The van der Waals surface area contributed by atoms with Crippen molar-refractivity contribution in [2.75, 3.05) is 7.11 Å². The van der Waals surface area contributed by atoms with Crippen LogP contribution in [0.25, 0.3) is 0 Å². The fourth-order valence-corrected chi connectivity index (χ4v) is 2.16. The topological polar surface area (TPSA) is 98.5 Å². The van der Waals surface area contributed by atoms with E-state index in [0.29, 0.717) is 0 Å². The van der Waals surface area contributed by atoms with Crippen LogP contribution < -0.4 is 5.32 Å². The number of carbonyl (C=O) groups excluding carboxylic acids is 2. The Morgan fingerprint density at radius 1 is 1.12 bits per heavy atom. The Morgan fingerprint density at radius 3 is 2.29 bits per heavy atom. The molecule has 0 fully saturated rings. The number of benzene rings is 2. The number of esters is 1. The van der Waals surface area contributed by atoms with Gasteiger partial charge in [0.1, 0.15) is 6.04 Å². The molecule has 0 radical (unpaired) electrons. The van der Waals surface area contributed by atoms with E-state index in [1.807, 2.05) is 30.3 Å². The molecule has 7 nitrogen and oxygen atoms in total. The number of rotatable bonds is 6. The molecule has 24 heavy (non-hydrogen) atoms. The van der Waals surface area contributed by atoms with Crippen LogP contribution in [0.4, 0.5) is 5.69 Å². The molecule has 7 heteroatoms. The molecular formula is C17H16N2O5. The van der Waals surface area contributed by atoms with Gasteiger partial charge >= 0.3 is 5.97 Å².